The number of pyridine rings is 1. The van der Waals surface area contributed by atoms with Gasteiger partial charge in [-0.1, -0.05) is 17.7 Å². The first-order valence-corrected chi connectivity index (χ1v) is 11.4. The van der Waals surface area contributed by atoms with Crippen LogP contribution in [-0.4, -0.2) is 49.7 Å². The molecule has 1 aromatic heterocycles. The third-order valence-electron chi connectivity index (χ3n) is 5.72. The standard InChI is InChI=1S/C24H34ClN5O/c1-31-18-6-8-22-20(16-18)24(19-7-5-17(25)15-23(19)29-22)21(28)9-14-30(13-4-11-27)12-3-2-10-26/h5-8,15-16,21H,2-4,9-14,26-28H2,1H3. The molecule has 6 nitrogen and oxygen atoms in total. The maximum absolute atomic E-state index is 6.82. The zero-order valence-electron chi connectivity index (χ0n) is 18.3. The van der Waals surface area contributed by atoms with E-state index in [-0.39, 0.29) is 6.04 Å². The van der Waals surface area contributed by atoms with Gasteiger partial charge in [0.15, 0.2) is 0 Å². The molecule has 0 saturated carbocycles. The molecule has 1 atom stereocenters. The van der Waals surface area contributed by atoms with Crippen LogP contribution < -0.4 is 21.9 Å². The number of halogens is 1. The largest absolute Gasteiger partial charge is 0.497 e. The van der Waals surface area contributed by atoms with Gasteiger partial charge in [0.05, 0.1) is 18.1 Å². The second kappa shape index (κ2) is 11.6. The van der Waals surface area contributed by atoms with Gasteiger partial charge in [-0.2, -0.15) is 0 Å². The Bertz CT molecular complexity index is 997. The highest BCUT2D eigenvalue weighted by atomic mass is 35.5. The summed E-state index contributed by atoms with van der Waals surface area (Å²) in [6, 6.07) is 11.6. The minimum absolute atomic E-state index is 0.142. The van der Waals surface area contributed by atoms with Crippen LogP contribution in [0.1, 0.15) is 37.3 Å². The number of unbranched alkanes of at least 4 members (excludes halogenated alkanes) is 1. The van der Waals surface area contributed by atoms with Gasteiger partial charge in [0.2, 0.25) is 0 Å². The van der Waals surface area contributed by atoms with Crippen LogP contribution in [0.2, 0.25) is 5.02 Å². The highest BCUT2D eigenvalue weighted by Crippen LogP contribution is 2.34. The van der Waals surface area contributed by atoms with Crippen molar-refractivity contribution >= 4 is 33.4 Å². The molecule has 31 heavy (non-hydrogen) atoms. The van der Waals surface area contributed by atoms with Crippen molar-refractivity contribution in [2.45, 2.75) is 31.7 Å². The Kier molecular flexibility index (Phi) is 8.87. The zero-order chi connectivity index (χ0) is 22.2. The Morgan fingerprint density at radius 2 is 1.71 bits per heavy atom. The van der Waals surface area contributed by atoms with Crippen LogP contribution >= 0.6 is 11.6 Å². The fraction of sp³-hybridized carbons (Fsp3) is 0.458. The SMILES string of the molecule is COc1ccc2nc3cc(Cl)ccc3c(C(N)CCN(CCCN)CCCCN)c2c1. The first-order valence-electron chi connectivity index (χ1n) is 11.0. The summed E-state index contributed by atoms with van der Waals surface area (Å²) in [5.74, 6) is 0.794. The first kappa shape index (κ1) is 23.7. The normalized spacial score (nSPS) is 12.7. The van der Waals surface area contributed by atoms with Crippen molar-refractivity contribution in [3.05, 3.63) is 47.0 Å². The Labute approximate surface area is 189 Å². The fourth-order valence-corrected chi connectivity index (χ4v) is 4.22. The lowest BCUT2D eigenvalue weighted by Gasteiger charge is -2.25. The maximum Gasteiger partial charge on any atom is 0.119 e. The topological polar surface area (TPSA) is 103 Å². The second-order valence-corrected chi connectivity index (χ2v) is 8.38. The van der Waals surface area contributed by atoms with Gasteiger partial charge in [-0.15, -0.1) is 0 Å². The molecule has 3 rings (SSSR count). The number of aromatic nitrogens is 1. The summed E-state index contributed by atoms with van der Waals surface area (Å²) >= 11 is 6.24. The second-order valence-electron chi connectivity index (χ2n) is 7.94. The lowest BCUT2D eigenvalue weighted by Crippen LogP contribution is -2.31. The van der Waals surface area contributed by atoms with E-state index in [0.717, 1.165) is 85.0 Å². The van der Waals surface area contributed by atoms with E-state index in [1.54, 1.807) is 7.11 Å². The molecule has 3 aromatic rings. The van der Waals surface area contributed by atoms with Crippen LogP contribution in [0.4, 0.5) is 0 Å². The number of nitrogens with zero attached hydrogens (tertiary/aromatic N) is 2. The van der Waals surface area contributed by atoms with Crippen molar-refractivity contribution in [3.8, 4) is 5.75 Å². The molecule has 6 N–H and O–H groups in total. The van der Waals surface area contributed by atoms with Crippen molar-refractivity contribution in [1.29, 1.82) is 0 Å². The number of hydrogen-bond acceptors (Lipinski definition) is 6. The van der Waals surface area contributed by atoms with Gasteiger partial charge < -0.3 is 26.8 Å². The Balaban J connectivity index is 1.92. The molecule has 0 fully saturated rings. The maximum atomic E-state index is 6.82. The minimum atomic E-state index is -0.142. The number of hydrogen-bond donors (Lipinski definition) is 3. The van der Waals surface area contributed by atoms with E-state index in [1.807, 2.05) is 36.4 Å². The van der Waals surface area contributed by atoms with E-state index in [4.69, 9.17) is 38.5 Å². The number of ether oxygens (including phenoxy) is 1. The molecule has 1 heterocycles. The Morgan fingerprint density at radius 3 is 2.45 bits per heavy atom. The summed E-state index contributed by atoms with van der Waals surface area (Å²) in [7, 11) is 1.67. The van der Waals surface area contributed by atoms with E-state index in [0.29, 0.717) is 11.6 Å². The van der Waals surface area contributed by atoms with Crippen LogP contribution in [0.3, 0.4) is 0 Å². The molecule has 0 saturated heterocycles. The van der Waals surface area contributed by atoms with Gasteiger partial charge >= 0.3 is 0 Å². The summed E-state index contributed by atoms with van der Waals surface area (Å²) in [5.41, 5.74) is 21.1. The van der Waals surface area contributed by atoms with E-state index in [2.05, 4.69) is 4.90 Å². The summed E-state index contributed by atoms with van der Waals surface area (Å²) < 4.78 is 5.47. The molecule has 0 aliphatic carbocycles. The predicted molar refractivity (Wildman–Crippen MR) is 131 cm³/mol. The van der Waals surface area contributed by atoms with Crippen LogP contribution in [-0.2, 0) is 0 Å². The molecule has 0 aliphatic heterocycles. The van der Waals surface area contributed by atoms with Gasteiger partial charge in [0.1, 0.15) is 5.75 Å². The van der Waals surface area contributed by atoms with Crippen LogP contribution in [0.25, 0.3) is 21.8 Å². The number of nitrogens with two attached hydrogens (primary N) is 3. The molecular weight excluding hydrogens is 410 g/mol. The molecule has 0 spiro atoms. The van der Waals surface area contributed by atoms with Gasteiger partial charge in [0.25, 0.3) is 0 Å². The molecular formula is C24H34ClN5O. The fourth-order valence-electron chi connectivity index (χ4n) is 4.05. The van der Waals surface area contributed by atoms with Crippen LogP contribution in [0.5, 0.6) is 5.75 Å². The summed E-state index contributed by atoms with van der Waals surface area (Å²) in [5, 5.41) is 2.73. The van der Waals surface area contributed by atoms with Crippen LogP contribution in [0, 0.1) is 0 Å². The molecule has 2 aromatic carbocycles. The van der Waals surface area contributed by atoms with Crippen LogP contribution in [0.15, 0.2) is 36.4 Å². The van der Waals surface area contributed by atoms with E-state index in [9.17, 15) is 0 Å². The molecule has 168 valence electrons. The molecule has 0 aliphatic rings. The predicted octanol–water partition coefficient (Wildman–Crippen LogP) is 3.83. The molecule has 1 unspecified atom stereocenters. The van der Waals surface area contributed by atoms with Gasteiger partial charge in [-0.05, 0) is 94.3 Å². The number of benzene rings is 2. The average molecular weight is 444 g/mol. The van der Waals surface area contributed by atoms with Crippen molar-refractivity contribution in [1.82, 2.24) is 9.88 Å². The zero-order valence-corrected chi connectivity index (χ0v) is 19.1. The lowest BCUT2D eigenvalue weighted by molar-refractivity contribution is 0.257. The first-order chi connectivity index (χ1) is 15.1. The lowest BCUT2D eigenvalue weighted by atomic mass is 9.94. The summed E-state index contributed by atoms with van der Waals surface area (Å²) in [6.07, 6.45) is 3.94. The third kappa shape index (κ3) is 6.05. The molecule has 0 bridgehead atoms. The number of methoxy groups -OCH3 is 1. The summed E-state index contributed by atoms with van der Waals surface area (Å²) in [4.78, 5) is 7.26. The smallest absolute Gasteiger partial charge is 0.119 e. The average Bonchev–Trinajstić information content (AvgIpc) is 2.78. The minimum Gasteiger partial charge on any atom is -0.497 e. The summed E-state index contributed by atoms with van der Waals surface area (Å²) in [6.45, 7) is 4.33. The number of rotatable bonds is 12. The van der Waals surface area contributed by atoms with E-state index < -0.39 is 0 Å². The number of fused-ring (bicyclic) bond motifs is 2. The van der Waals surface area contributed by atoms with Gasteiger partial charge in [-0.3, -0.25) is 0 Å². The van der Waals surface area contributed by atoms with Gasteiger partial charge in [-0.25, -0.2) is 4.98 Å². The van der Waals surface area contributed by atoms with Crippen molar-refractivity contribution < 1.29 is 4.74 Å². The molecule has 0 amide bonds. The monoisotopic (exact) mass is 443 g/mol. The highest BCUT2D eigenvalue weighted by Gasteiger charge is 2.18. The quantitative estimate of drug-likeness (QED) is 0.290. The van der Waals surface area contributed by atoms with Crippen molar-refractivity contribution in [2.75, 3.05) is 39.8 Å². The third-order valence-corrected chi connectivity index (χ3v) is 5.95. The van der Waals surface area contributed by atoms with Crippen molar-refractivity contribution in [3.63, 3.8) is 0 Å². The molecule has 0 radical (unpaired) electrons. The van der Waals surface area contributed by atoms with E-state index in [1.165, 1.54) is 0 Å². The highest BCUT2D eigenvalue weighted by molar-refractivity contribution is 6.31. The van der Waals surface area contributed by atoms with E-state index >= 15 is 0 Å². The Morgan fingerprint density at radius 1 is 0.935 bits per heavy atom. The van der Waals surface area contributed by atoms with Crippen molar-refractivity contribution in [2.24, 2.45) is 17.2 Å². The Hall–Kier alpha value is -1.96. The van der Waals surface area contributed by atoms with Gasteiger partial charge in [0, 0.05) is 21.8 Å². The molecule has 7 heteroatoms.